The topological polar surface area (TPSA) is 39.1 Å². The summed E-state index contributed by atoms with van der Waals surface area (Å²) in [6.07, 6.45) is 0.935. The molecule has 0 aliphatic rings. The fraction of sp³-hybridized carbons (Fsp3) is 0.417. The molecule has 0 aliphatic carbocycles. The summed E-state index contributed by atoms with van der Waals surface area (Å²) in [5.74, 6) is 1.97. The number of benzene rings is 1. The fourth-order valence-corrected chi connectivity index (χ4v) is 1.81. The second-order valence-electron chi connectivity index (χ2n) is 3.80. The Balaban J connectivity index is 2.42. The predicted octanol–water partition coefficient (Wildman–Crippen LogP) is 1.34. The summed E-state index contributed by atoms with van der Waals surface area (Å²) < 4.78 is 7.33. The lowest BCUT2D eigenvalue weighted by Gasteiger charge is -2.02. The normalized spacial score (nSPS) is 10.9. The summed E-state index contributed by atoms with van der Waals surface area (Å²) in [4.78, 5) is 4.59. The molecule has 1 aromatic carbocycles. The molecule has 0 bridgehead atoms. The number of nitrogens with one attached hydrogen (secondary N) is 1. The van der Waals surface area contributed by atoms with Crippen LogP contribution in [0.3, 0.4) is 0 Å². The lowest BCUT2D eigenvalue weighted by molar-refractivity contribution is 0.415. The zero-order valence-corrected chi connectivity index (χ0v) is 9.95. The summed E-state index contributed by atoms with van der Waals surface area (Å²) in [6.45, 7) is 0.939. The van der Waals surface area contributed by atoms with Crippen molar-refractivity contribution in [2.24, 2.45) is 7.05 Å². The van der Waals surface area contributed by atoms with E-state index < -0.39 is 0 Å². The number of hydrogen-bond acceptors (Lipinski definition) is 3. The number of aryl methyl sites for hydroxylation is 1. The van der Waals surface area contributed by atoms with Crippen molar-refractivity contribution in [2.75, 3.05) is 20.7 Å². The molecule has 4 nitrogen and oxygen atoms in total. The summed E-state index contributed by atoms with van der Waals surface area (Å²) in [5, 5.41) is 3.13. The Bertz CT molecular complexity index is 490. The monoisotopic (exact) mass is 219 g/mol. The van der Waals surface area contributed by atoms with Gasteiger partial charge in [0, 0.05) is 26.1 Å². The number of likely N-dealkylation sites (N-methyl/N-ethyl adjacent to an activating group) is 1. The summed E-state index contributed by atoms with van der Waals surface area (Å²) >= 11 is 0. The van der Waals surface area contributed by atoms with Gasteiger partial charge in [0.1, 0.15) is 11.6 Å². The van der Waals surface area contributed by atoms with E-state index in [1.807, 2.05) is 32.3 Å². The van der Waals surface area contributed by atoms with Gasteiger partial charge in [-0.2, -0.15) is 0 Å². The zero-order valence-electron chi connectivity index (χ0n) is 9.95. The molecule has 1 aromatic heterocycles. The van der Waals surface area contributed by atoms with Crippen LogP contribution < -0.4 is 10.1 Å². The number of hydrogen-bond donors (Lipinski definition) is 1. The Hall–Kier alpha value is -1.55. The first-order chi connectivity index (χ1) is 7.76. The number of aromatic nitrogens is 2. The van der Waals surface area contributed by atoms with Gasteiger partial charge >= 0.3 is 0 Å². The van der Waals surface area contributed by atoms with Gasteiger partial charge in [0.25, 0.3) is 0 Å². The van der Waals surface area contributed by atoms with E-state index in [0.29, 0.717) is 0 Å². The second-order valence-corrected chi connectivity index (χ2v) is 3.80. The number of ether oxygens (including phenoxy) is 1. The van der Waals surface area contributed by atoms with E-state index in [9.17, 15) is 0 Å². The molecule has 0 radical (unpaired) electrons. The molecular formula is C12H17N3O. The third-order valence-corrected chi connectivity index (χ3v) is 2.78. The van der Waals surface area contributed by atoms with Crippen LogP contribution in [0.15, 0.2) is 18.2 Å². The summed E-state index contributed by atoms with van der Waals surface area (Å²) in [7, 11) is 5.67. The van der Waals surface area contributed by atoms with E-state index in [1.54, 1.807) is 7.11 Å². The highest BCUT2D eigenvalue weighted by molar-refractivity contribution is 5.77. The molecular weight excluding hydrogens is 202 g/mol. The van der Waals surface area contributed by atoms with Crippen molar-refractivity contribution in [3.05, 3.63) is 24.0 Å². The molecule has 0 unspecified atom stereocenters. The van der Waals surface area contributed by atoms with Gasteiger partial charge in [-0.05, 0) is 19.2 Å². The van der Waals surface area contributed by atoms with Crippen molar-refractivity contribution in [1.29, 1.82) is 0 Å². The van der Waals surface area contributed by atoms with Gasteiger partial charge in [0.15, 0.2) is 0 Å². The molecule has 2 rings (SSSR count). The minimum atomic E-state index is 0.871. The average Bonchev–Trinajstić information content (AvgIpc) is 2.63. The molecule has 1 N–H and O–H groups in total. The number of nitrogens with zero attached hydrogens (tertiary/aromatic N) is 2. The molecule has 0 amide bonds. The Morgan fingerprint density at radius 2 is 2.25 bits per heavy atom. The van der Waals surface area contributed by atoms with E-state index in [1.165, 1.54) is 0 Å². The minimum absolute atomic E-state index is 0.871. The highest BCUT2D eigenvalue weighted by Gasteiger charge is 2.07. The molecule has 0 fully saturated rings. The van der Waals surface area contributed by atoms with Crippen molar-refractivity contribution in [3.8, 4) is 5.75 Å². The molecule has 16 heavy (non-hydrogen) atoms. The molecule has 2 aromatic rings. The van der Waals surface area contributed by atoms with Gasteiger partial charge in [-0.1, -0.05) is 0 Å². The van der Waals surface area contributed by atoms with Gasteiger partial charge in [0.2, 0.25) is 0 Å². The smallest absolute Gasteiger partial charge is 0.121 e. The Kier molecular flexibility index (Phi) is 3.10. The van der Waals surface area contributed by atoms with Crippen molar-refractivity contribution >= 4 is 11.0 Å². The average molecular weight is 219 g/mol. The second kappa shape index (κ2) is 4.53. The van der Waals surface area contributed by atoms with Crippen LogP contribution in [0.2, 0.25) is 0 Å². The fourth-order valence-electron chi connectivity index (χ4n) is 1.81. The van der Waals surface area contributed by atoms with E-state index in [2.05, 4.69) is 14.9 Å². The molecule has 0 aliphatic heterocycles. The maximum atomic E-state index is 5.21. The Morgan fingerprint density at radius 3 is 2.94 bits per heavy atom. The number of methoxy groups -OCH3 is 1. The van der Waals surface area contributed by atoms with E-state index >= 15 is 0 Å². The zero-order chi connectivity index (χ0) is 11.5. The predicted molar refractivity (Wildman–Crippen MR) is 64.9 cm³/mol. The molecule has 1 heterocycles. The SMILES string of the molecule is CNCCc1nc2ccc(OC)cc2n1C. The highest BCUT2D eigenvalue weighted by atomic mass is 16.5. The van der Waals surface area contributed by atoms with Crippen molar-refractivity contribution in [2.45, 2.75) is 6.42 Å². The van der Waals surface area contributed by atoms with Crippen LogP contribution in [-0.2, 0) is 13.5 Å². The van der Waals surface area contributed by atoms with Gasteiger partial charge in [0.05, 0.1) is 18.1 Å². The first-order valence-electron chi connectivity index (χ1n) is 5.40. The summed E-state index contributed by atoms with van der Waals surface area (Å²) in [6, 6.07) is 5.96. The van der Waals surface area contributed by atoms with Crippen LogP contribution in [0.4, 0.5) is 0 Å². The molecule has 4 heteroatoms. The number of imidazole rings is 1. The van der Waals surface area contributed by atoms with Crippen molar-refractivity contribution < 1.29 is 4.74 Å². The molecule has 0 spiro atoms. The van der Waals surface area contributed by atoms with Gasteiger partial charge in [-0.25, -0.2) is 4.98 Å². The van der Waals surface area contributed by atoms with Gasteiger partial charge < -0.3 is 14.6 Å². The van der Waals surface area contributed by atoms with Crippen LogP contribution in [0.25, 0.3) is 11.0 Å². The van der Waals surface area contributed by atoms with Crippen molar-refractivity contribution in [3.63, 3.8) is 0 Å². The van der Waals surface area contributed by atoms with Crippen LogP contribution >= 0.6 is 0 Å². The lowest BCUT2D eigenvalue weighted by Crippen LogP contribution is -2.12. The highest BCUT2D eigenvalue weighted by Crippen LogP contribution is 2.21. The Labute approximate surface area is 95.2 Å². The Morgan fingerprint density at radius 1 is 1.44 bits per heavy atom. The van der Waals surface area contributed by atoms with E-state index in [-0.39, 0.29) is 0 Å². The van der Waals surface area contributed by atoms with Crippen LogP contribution in [0.1, 0.15) is 5.82 Å². The van der Waals surface area contributed by atoms with Crippen molar-refractivity contribution in [1.82, 2.24) is 14.9 Å². The minimum Gasteiger partial charge on any atom is -0.497 e. The van der Waals surface area contributed by atoms with Crippen LogP contribution in [-0.4, -0.2) is 30.3 Å². The molecule has 0 saturated heterocycles. The largest absolute Gasteiger partial charge is 0.497 e. The summed E-state index contributed by atoms with van der Waals surface area (Å²) in [5.41, 5.74) is 2.14. The molecule has 0 saturated carbocycles. The van der Waals surface area contributed by atoms with Crippen LogP contribution in [0, 0.1) is 0 Å². The number of fused-ring (bicyclic) bond motifs is 1. The maximum Gasteiger partial charge on any atom is 0.121 e. The van der Waals surface area contributed by atoms with E-state index in [0.717, 1.165) is 35.6 Å². The molecule has 0 atom stereocenters. The van der Waals surface area contributed by atoms with Crippen LogP contribution in [0.5, 0.6) is 5.75 Å². The third-order valence-electron chi connectivity index (χ3n) is 2.78. The number of rotatable bonds is 4. The molecule has 86 valence electrons. The maximum absolute atomic E-state index is 5.21. The van der Waals surface area contributed by atoms with Gasteiger partial charge in [-0.3, -0.25) is 0 Å². The first kappa shape index (κ1) is 11.0. The van der Waals surface area contributed by atoms with E-state index in [4.69, 9.17) is 4.74 Å². The first-order valence-corrected chi connectivity index (χ1v) is 5.40. The standard InChI is InChI=1S/C12H17N3O/c1-13-7-6-12-14-10-5-4-9(16-3)8-11(10)15(12)2/h4-5,8,13H,6-7H2,1-3H3. The quantitative estimate of drug-likeness (QED) is 0.843. The lowest BCUT2D eigenvalue weighted by atomic mass is 10.3. The third kappa shape index (κ3) is 1.88. The van der Waals surface area contributed by atoms with Gasteiger partial charge in [-0.15, -0.1) is 0 Å².